The number of hydrogen-bond donors (Lipinski definition) is 0. The van der Waals surface area contributed by atoms with Gasteiger partial charge >= 0.3 is 0 Å². The van der Waals surface area contributed by atoms with E-state index in [9.17, 15) is 4.79 Å². The number of fused-ring (bicyclic) bond motifs is 1. The van der Waals surface area contributed by atoms with E-state index in [1.54, 1.807) is 0 Å². The lowest BCUT2D eigenvalue weighted by molar-refractivity contribution is -0.118. The zero-order chi connectivity index (χ0) is 9.69. The lowest BCUT2D eigenvalue weighted by Gasteiger charge is -2.46. The van der Waals surface area contributed by atoms with E-state index in [2.05, 4.69) is 20.8 Å². The second kappa shape index (κ2) is 2.59. The van der Waals surface area contributed by atoms with Crippen LogP contribution >= 0.6 is 0 Å². The zero-order valence-electron chi connectivity index (χ0n) is 9.02. The van der Waals surface area contributed by atoms with Crippen molar-refractivity contribution in [3.05, 3.63) is 0 Å². The van der Waals surface area contributed by atoms with Crippen LogP contribution in [0.1, 0.15) is 52.9 Å². The number of hydrogen-bond acceptors (Lipinski definition) is 1. The maximum absolute atomic E-state index is 11.5. The van der Waals surface area contributed by atoms with Crippen LogP contribution < -0.4 is 0 Å². The molecule has 74 valence electrons. The van der Waals surface area contributed by atoms with Gasteiger partial charge in [-0.3, -0.25) is 4.79 Å². The molecule has 0 amide bonds. The molecular weight excluding hydrogens is 160 g/mol. The van der Waals surface area contributed by atoms with Gasteiger partial charge in [0.05, 0.1) is 0 Å². The van der Waals surface area contributed by atoms with E-state index in [1.165, 1.54) is 19.3 Å². The summed E-state index contributed by atoms with van der Waals surface area (Å²) in [6, 6.07) is 0. The van der Waals surface area contributed by atoms with Gasteiger partial charge in [0.1, 0.15) is 5.78 Å². The largest absolute Gasteiger partial charge is 0.300 e. The SMILES string of the molecule is CC1(C)CCC[C@]2(C)CC(=O)CC12. The first-order chi connectivity index (χ1) is 5.94. The van der Waals surface area contributed by atoms with E-state index in [-0.39, 0.29) is 0 Å². The molecule has 0 radical (unpaired) electrons. The third kappa shape index (κ3) is 1.33. The van der Waals surface area contributed by atoms with Crippen LogP contribution in [0, 0.1) is 16.7 Å². The number of carbonyl (C=O) groups is 1. The molecule has 0 bridgehead atoms. The Labute approximate surface area is 80.9 Å². The van der Waals surface area contributed by atoms with Crippen molar-refractivity contribution >= 4 is 5.78 Å². The number of Topliss-reactive ketones (excluding diaryl/α,β-unsaturated/α-hetero) is 1. The molecule has 2 aliphatic rings. The van der Waals surface area contributed by atoms with Gasteiger partial charge in [0.25, 0.3) is 0 Å². The summed E-state index contributed by atoms with van der Waals surface area (Å²) in [4.78, 5) is 11.5. The molecule has 2 fully saturated rings. The minimum absolute atomic E-state index is 0.346. The van der Waals surface area contributed by atoms with E-state index >= 15 is 0 Å². The summed E-state index contributed by atoms with van der Waals surface area (Å²) in [6.07, 6.45) is 5.59. The van der Waals surface area contributed by atoms with E-state index < -0.39 is 0 Å². The second-order valence-electron chi connectivity index (χ2n) is 5.97. The predicted molar refractivity (Wildman–Crippen MR) is 53.5 cm³/mol. The van der Waals surface area contributed by atoms with Gasteiger partial charge in [0, 0.05) is 12.8 Å². The normalized spacial score (nSPS) is 43.3. The summed E-state index contributed by atoms with van der Waals surface area (Å²) in [5, 5.41) is 0. The van der Waals surface area contributed by atoms with Crippen molar-refractivity contribution < 1.29 is 4.79 Å². The third-order valence-corrected chi connectivity index (χ3v) is 4.39. The number of carbonyl (C=O) groups excluding carboxylic acids is 1. The van der Waals surface area contributed by atoms with Crippen molar-refractivity contribution in [1.82, 2.24) is 0 Å². The molecule has 0 aromatic carbocycles. The van der Waals surface area contributed by atoms with Gasteiger partial charge in [-0.2, -0.15) is 0 Å². The van der Waals surface area contributed by atoms with E-state index in [0.717, 1.165) is 12.8 Å². The first-order valence-electron chi connectivity index (χ1n) is 5.46. The summed E-state index contributed by atoms with van der Waals surface area (Å²) in [5.74, 6) is 1.16. The fourth-order valence-electron chi connectivity index (χ4n) is 3.72. The Balaban J connectivity index is 2.30. The van der Waals surface area contributed by atoms with Crippen molar-refractivity contribution in [2.45, 2.75) is 52.9 Å². The van der Waals surface area contributed by atoms with Crippen molar-refractivity contribution in [2.24, 2.45) is 16.7 Å². The highest BCUT2D eigenvalue weighted by molar-refractivity contribution is 5.82. The molecule has 2 rings (SSSR count). The van der Waals surface area contributed by atoms with Crippen LogP contribution in [0.25, 0.3) is 0 Å². The van der Waals surface area contributed by atoms with Crippen LogP contribution in [0.15, 0.2) is 0 Å². The molecule has 13 heavy (non-hydrogen) atoms. The maximum Gasteiger partial charge on any atom is 0.133 e. The Morgan fingerprint density at radius 1 is 1.23 bits per heavy atom. The number of ketones is 1. The quantitative estimate of drug-likeness (QED) is 0.559. The van der Waals surface area contributed by atoms with E-state index in [0.29, 0.717) is 22.5 Å². The average Bonchev–Trinajstić information content (AvgIpc) is 2.25. The van der Waals surface area contributed by atoms with Gasteiger partial charge in [-0.1, -0.05) is 27.2 Å². The number of rotatable bonds is 0. The molecule has 0 saturated heterocycles. The smallest absolute Gasteiger partial charge is 0.133 e. The van der Waals surface area contributed by atoms with Gasteiger partial charge in [0.15, 0.2) is 0 Å². The molecule has 2 saturated carbocycles. The minimum atomic E-state index is 0.346. The van der Waals surface area contributed by atoms with Crippen molar-refractivity contribution in [3.8, 4) is 0 Å². The molecular formula is C12H20O. The molecule has 2 atom stereocenters. The molecule has 0 spiro atoms. The first-order valence-corrected chi connectivity index (χ1v) is 5.46. The van der Waals surface area contributed by atoms with Gasteiger partial charge in [-0.05, 0) is 29.6 Å². The third-order valence-electron chi connectivity index (χ3n) is 4.39. The van der Waals surface area contributed by atoms with Gasteiger partial charge < -0.3 is 0 Å². The second-order valence-corrected chi connectivity index (χ2v) is 5.97. The highest BCUT2D eigenvalue weighted by atomic mass is 16.1. The molecule has 1 nitrogen and oxygen atoms in total. The Morgan fingerprint density at radius 2 is 1.92 bits per heavy atom. The maximum atomic E-state index is 11.5. The average molecular weight is 180 g/mol. The summed E-state index contributed by atoms with van der Waals surface area (Å²) in [5.41, 5.74) is 0.748. The summed E-state index contributed by atoms with van der Waals surface area (Å²) < 4.78 is 0. The first kappa shape index (κ1) is 9.23. The summed E-state index contributed by atoms with van der Waals surface area (Å²) >= 11 is 0. The molecule has 0 aliphatic heterocycles. The molecule has 0 heterocycles. The van der Waals surface area contributed by atoms with Gasteiger partial charge in [0.2, 0.25) is 0 Å². The summed E-state index contributed by atoms with van der Waals surface area (Å²) in [7, 11) is 0. The van der Waals surface area contributed by atoms with E-state index in [4.69, 9.17) is 0 Å². The van der Waals surface area contributed by atoms with Crippen LogP contribution in [0.5, 0.6) is 0 Å². The van der Waals surface area contributed by atoms with Crippen molar-refractivity contribution in [1.29, 1.82) is 0 Å². The zero-order valence-corrected chi connectivity index (χ0v) is 9.02. The van der Waals surface area contributed by atoms with Crippen molar-refractivity contribution in [2.75, 3.05) is 0 Å². The molecule has 1 unspecified atom stereocenters. The lowest BCUT2D eigenvalue weighted by atomic mass is 9.58. The molecule has 0 N–H and O–H groups in total. The lowest BCUT2D eigenvalue weighted by Crippen LogP contribution is -2.38. The summed E-state index contributed by atoms with van der Waals surface area (Å²) in [6.45, 7) is 7.00. The molecule has 0 aromatic heterocycles. The highest BCUT2D eigenvalue weighted by Crippen LogP contribution is 2.57. The Bertz CT molecular complexity index is 242. The van der Waals surface area contributed by atoms with Crippen LogP contribution in [0.3, 0.4) is 0 Å². The minimum Gasteiger partial charge on any atom is -0.300 e. The Kier molecular flexibility index (Phi) is 1.84. The van der Waals surface area contributed by atoms with Crippen LogP contribution in [0.4, 0.5) is 0 Å². The van der Waals surface area contributed by atoms with Gasteiger partial charge in [-0.25, -0.2) is 0 Å². The Morgan fingerprint density at radius 3 is 2.54 bits per heavy atom. The van der Waals surface area contributed by atoms with Crippen LogP contribution in [-0.4, -0.2) is 5.78 Å². The molecule has 2 aliphatic carbocycles. The predicted octanol–water partition coefficient (Wildman–Crippen LogP) is 3.18. The van der Waals surface area contributed by atoms with Crippen LogP contribution in [0.2, 0.25) is 0 Å². The van der Waals surface area contributed by atoms with Gasteiger partial charge in [-0.15, -0.1) is 0 Å². The molecule has 1 heteroatoms. The van der Waals surface area contributed by atoms with Crippen molar-refractivity contribution in [3.63, 3.8) is 0 Å². The molecule has 0 aromatic rings. The fourth-order valence-corrected chi connectivity index (χ4v) is 3.72. The standard InChI is InChI=1S/C12H20O/c1-11(2)5-4-6-12(3)8-9(13)7-10(11)12/h10H,4-8H2,1-3H3/t10?,12-/m1/s1. The highest BCUT2D eigenvalue weighted by Gasteiger charge is 2.51. The Hall–Kier alpha value is -0.330. The topological polar surface area (TPSA) is 17.1 Å². The van der Waals surface area contributed by atoms with Crippen LogP contribution in [-0.2, 0) is 4.79 Å². The van der Waals surface area contributed by atoms with E-state index in [1.807, 2.05) is 0 Å². The monoisotopic (exact) mass is 180 g/mol. The fraction of sp³-hybridized carbons (Fsp3) is 0.917.